The first kappa shape index (κ1) is 15.9. The molecule has 2 atom stereocenters. The minimum atomic E-state index is -1.08. The van der Waals surface area contributed by atoms with Gasteiger partial charge in [0.15, 0.2) is 5.78 Å². The molecule has 0 spiro atoms. The summed E-state index contributed by atoms with van der Waals surface area (Å²) in [5, 5.41) is 10.1. The SMILES string of the molecule is CCC(N)(C(C)=O)C(O)CCCCc1ccccc1. The molecule has 0 heterocycles. The molecule has 0 aliphatic rings. The van der Waals surface area contributed by atoms with Crippen LogP contribution in [0.3, 0.4) is 0 Å². The predicted octanol–water partition coefficient (Wildman–Crippen LogP) is 2.46. The zero-order valence-corrected chi connectivity index (χ0v) is 11.9. The maximum atomic E-state index is 11.5. The Kier molecular flexibility index (Phi) is 6.19. The second-order valence-corrected chi connectivity index (χ2v) is 5.20. The Balaban J connectivity index is 2.35. The summed E-state index contributed by atoms with van der Waals surface area (Å²) < 4.78 is 0. The first-order valence-corrected chi connectivity index (χ1v) is 7.02. The van der Waals surface area contributed by atoms with E-state index in [1.807, 2.05) is 25.1 Å². The van der Waals surface area contributed by atoms with E-state index in [4.69, 9.17) is 5.73 Å². The molecular weight excluding hydrogens is 238 g/mol. The third-order valence-electron chi connectivity index (χ3n) is 3.87. The van der Waals surface area contributed by atoms with Gasteiger partial charge in [-0.15, -0.1) is 0 Å². The topological polar surface area (TPSA) is 63.3 Å². The van der Waals surface area contributed by atoms with Gasteiger partial charge in [0.1, 0.15) is 5.54 Å². The first-order chi connectivity index (χ1) is 9.00. The van der Waals surface area contributed by atoms with Crippen LogP contribution < -0.4 is 5.73 Å². The molecule has 0 bridgehead atoms. The van der Waals surface area contributed by atoms with E-state index in [1.54, 1.807) is 0 Å². The number of hydrogen-bond donors (Lipinski definition) is 2. The van der Waals surface area contributed by atoms with Gasteiger partial charge in [0.2, 0.25) is 0 Å². The number of benzene rings is 1. The molecule has 0 aliphatic heterocycles. The molecule has 0 aliphatic carbocycles. The molecule has 3 nitrogen and oxygen atoms in total. The fourth-order valence-electron chi connectivity index (χ4n) is 2.29. The molecule has 1 rings (SSSR count). The molecule has 2 unspecified atom stereocenters. The van der Waals surface area contributed by atoms with E-state index in [0.29, 0.717) is 12.8 Å². The highest BCUT2D eigenvalue weighted by atomic mass is 16.3. The molecule has 3 heteroatoms. The Morgan fingerprint density at radius 1 is 1.32 bits per heavy atom. The summed E-state index contributed by atoms with van der Waals surface area (Å²) in [6.07, 6.45) is 3.18. The highest BCUT2D eigenvalue weighted by Crippen LogP contribution is 2.19. The van der Waals surface area contributed by atoms with E-state index in [2.05, 4.69) is 12.1 Å². The van der Waals surface area contributed by atoms with Crippen molar-refractivity contribution in [3.8, 4) is 0 Å². The minimum Gasteiger partial charge on any atom is -0.391 e. The van der Waals surface area contributed by atoms with E-state index in [0.717, 1.165) is 19.3 Å². The Morgan fingerprint density at radius 2 is 1.95 bits per heavy atom. The number of rotatable bonds is 8. The molecule has 1 aromatic carbocycles. The van der Waals surface area contributed by atoms with Crippen molar-refractivity contribution < 1.29 is 9.90 Å². The fraction of sp³-hybridized carbons (Fsp3) is 0.562. The average Bonchev–Trinajstić information content (AvgIpc) is 2.43. The molecule has 0 saturated heterocycles. The molecule has 0 amide bonds. The lowest BCUT2D eigenvalue weighted by Crippen LogP contribution is -2.55. The van der Waals surface area contributed by atoms with E-state index in [-0.39, 0.29) is 5.78 Å². The standard InChI is InChI=1S/C16H25NO2/c1-3-16(17,13(2)18)15(19)12-8-7-11-14-9-5-4-6-10-14/h4-6,9-10,15,19H,3,7-8,11-12,17H2,1-2H3. The van der Waals surface area contributed by atoms with Crippen LogP contribution in [0.15, 0.2) is 30.3 Å². The fourth-order valence-corrected chi connectivity index (χ4v) is 2.29. The quantitative estimate of drug-likeness (QED) is 0.708. The first-order valence-electron chi connectivity index (χ1n) is 7.02. The third-order valence-corrected chi connectivity index (χ3v) is 3.87. The number of aliphatic hydroxyl groups is 1. The smallest absolute Gasteiger partial charge is 0.152 e. The molecule has 0 saturated carbocycles. The average molecular weight is 263 g/mol. The normalized spacial score (nSPS) is 15.8. The summed E-state index contributed by atoms with van der Waals surface area (Å²) in [5.41, 5.74) is 6.20. The van der Waals surface area contributed by atoms with Crippen LogP contribution in [0, 0.1) is 0 Å². The molecule has 0 aromatic heterocycles. The highest BCUT2D eigenvalue weighted by molar-refractivity contribution is 5.86. The van der Waals surface area contributed by atoms with Crippen LogP contribution in [0.5, 0.6) is 0 Å². The van der Waals surface area contributed by atoms with Crippen LogP contribution in [0.2, 0.25) is 0 Å². The van der Waals surface area contributed by atoms with Gasteiger partial charge >= 0.3 is 0 Å². The van der Waals surface area contributed by atoms with Crippen molar-refractivity contribution in [1.29, 1.82) is 0 Å². The van der Waals surface area contributed by atoms with Crippen LogP contribution in [0.4, 0.5) is 0 Å². The number of nitrogens with two attached hydrogens (primary N) is 1. The Morgan fingerprint density at radius 3 is 2.47 bits per heavy atom. The summed E-state index contributed by atoms with van der Waals surface area (Å²) in [5.74, 6) is -0.134. The second-order valence-electron chi connectivity index (χ2n) is 5.20. The number of aryl methyl sites for hydroxylation is 1. The molecular formula is C16H25NO2. The van der Waals surface area contributed by atoms with Crippen molar-refractivity contribution in [2.75, 3.05) is 0 Å². The van der Waals surface area contributed by atoms with Crippen molar-refractivity contribution in [1.82, 2.24) is 0 Å². The van der Waals surface area contributed by atoms with Gasteiger partial charge in [-0.1, -0.05) is 43.7 Å². The molecule has 3 N–H and O–H groups in total. The van der Waals surface area contributed by atoms with Gasteiger partial charge in [-0.3, -0.25) is 4.79 Å². The lowest BCUT2D eigenvalue weighted by molar-refractivity contribution is -0.126. The number of hydrogen-bond acceptors (Lipinski definition) is 3. The third kappa shape index (κ3) is 4.44. The van der Waals surface area contributed by atoms with Gasteiger partial charge in [0.25, 0.3) is 0 Å². The van der Waals surface area contributed by atoms with Crippen molar-refractivity contribution in [2.45, 2.75) is 57.6 Å². The summed E-state index contributed by atoms with van der Waals surface area (Å²) in [6, 6.07) is 10.3. The lowest BCUT2D eigenvalue weighted by atomic mass is 9.84. The van der Waals surface area contributed by atoms with Gasteiger partial charge in [-0.2, -0.15) is 0 Å². The number of unbranched alkanes of at least 4 members (excludes halogenated alkanes) is 1. The van der Waals surface area contributed by atoms with Crippen LogP contribution in [0.25, 0.3) is 0 Å². The lowest BCUT2D eigenvalue weighted by Gasteiger charge is -2.30. The molecule has 1 aromatic rings. The summed E-state index contributed by atoms with van der Waals surface area (Å²) in [4.78, 5) is 11.5. The number of ketones is 1. The number of carbonyl (C=O) groups is 1. The number of aliphatic hydroxyl groups excluding tert-OH is 1. The zero-order chi connectivity index (χ0) is 14.3. The Labute approximate surface area is 115 Å². The second kappa shape index (κ2) is 7.41. The summed E-state index contributed by atoms with van der Waals surface area (Å²) >= 11 is 0. The molecule has 19 heavy (non-hydrogen) atoms. The van der Waals surface area contributed by atoms with Crippen LogP contribution in [-0.2, 0) is 11.2 Å². The maximum absolute atomic E-state index is 11.5. The van der Waals surface area contributed by atoms with Crippen molar-refractivity contribution in [3.05, 3.63) is 35.9 Å². The van der Waals surface area contributed by atoms with Crippen LogP contribution in [0.1, 0.15) is 45.1 Å². The van der Waals surface area contributed by atoms with E-state index in [1.165, 1.54) is 12.5 Å². The highest BCUT2D eigenvalue weighted by Gasteiger charge is 2.36. The van der Waals surface area contributed by atoms with Gasteiger partial charge in [-0.25, -0.2) is 0 Å². The largest absolute Gasteiger partial charge is 0.391 e. The molecule has 0 radical (unpaired) electrons. The van der Waals surface area contributed by atoms with Gasteiger partial charge in [0, 0.05) is 0 Å². The van der Waals surface area contributed by atoms with Gasteiger partial charge < -0.3 is 10.8 Å². The van der Waals surface area contributed by atoms with Crippen LogP contribution >= 0.6 is 0 Å². The summed E-state index contributed by atoms with van der Waals surface area (Å²) in [6.45, 7) is 3.30. The monoisotopic (exact) mass is 263 g/mol. The van der Waals surface area contributed by atoms with Gasteiger partial charge in [0.05, 0.1) is 6.10 Å². The van der Waals surface area contributed by atoms with Crippen molar-refractivity contribution >= 4 is 5.78 Å². The van der Waals surface area contributed by atoms with Gasteiger partial charge in [-0.05, 0) is 38.2 Å². The molecule has 106 valence electrons. The van der Waals surface area contributed by atoms with Crippen molar-refractivity contribution in [3.63, 3.8) is 0 Å². The van der Waals surface area contributed by atoms with E-state index in [9.17, 15) is 9.90 Å². The summed E-state index contributed by atoms with van der Waals surface area (Å²) in [7, 11) is 0. The molecule has 0 fully saturated rings. The van der Waals surface area contributed by atoms with E-state index >= 15 is 0 Å². The van der Waals surface area contributed by atoms with Crippen LogP contribution in [-0.4, -0.2) is 22.5 Å². The maximum Gasteiger partial charge on any atom is 0.152 e. The Hall–Kier alpha value is -1.19. The minimum absolute atomic E-state index is 0.134. The zero-order valence-electron chi connectivity index (χ0n) is 11.9. The van der Waals surface area contributed by atoms with Crippen molar-refractivity contribution in [2.24, 2.45) is 5.73 Å². The Bertz CT molecular complexity index is 391. The predicted molar refractivity (Wildman–Crippen MR) is 77.9 cm³/mol. The van der Waals surface area contributed by atoms with E-state index < -0.39 is 11.6 Å². The number of carbonyl (C=O) groups excluding carboxylic acids is 1. The number of Topliss-reactive ketones (excluding diaryl/α,β-unsaturated/α-hetero) is 1.